The molecule has 4 atom stereocenters. The van der Waals surface area contributed by atoms with Crippen LogP contribution in [0.1, 0.15) is 98.4 Å². The van der Waals surface area contributed by atoms with Gasteiger partial charge in [-0.25, -0.2) is 0 Å². The summed E-state index contributed by atoms with van der Waals surface area (Å²) >= 11 is 0. The summed E-state index contributed by atoms with van der Waals surface area (Å²) in [6.07, 6.45) is 14.2. The minimum Gasteiger partial charge on any atom is -0.503 e. The molecule has 316 valence electrons. The van der Waals surface area contributed by atoms with Crippen LogP contribution in [0.25, 0.3) is 0 Å². The molecule has 1 aromatic carbocycles. The molecule has 6 heterocycles. The van der Waals surface area contributed by atoms with Gasteiger partial charge >= 0.3 is 0 Å². The van der Waals surface area contributed by atoms with Gasteiger partial charge in [-0.2, -0.15) is 0 Å². The number of nitrogens with two attached hydrogens (primary N) is 1. The Kier molecular flexibility index (Phi) is 12.4. The number of hydrogen-bond donors (Lipinski definition) is 5. The number of ether oxygens (including phenoxy) is 2. The third-order valence-corrected chi connectivity index (χ3v) is 11.4. The van der Waals surface area contributed by atoms with Crippen LogP contribution in [-0.4, -0.2) is 97.6 Å². The Morgan fingerprint density at radius 1 is 0.883 bits per heavy atom. The lowest BCUT2D eigenvalue weighted by molar-refractivity contribution is -0.112. The van der Waals surface area contributed by atoms with E-state index in [0.717, 1.165) is 30.4 Å². The minimum atomic E-state index is -0.885. The highest BCUT2D eigenvalue weighted by Crippen LogP contribution is 2.32. The monoisotopic (exact) mass is 823 g/mol. The van der Waals surface area contributed by atoms with Crippen LogP contribution in [0.15, 0.2) is 82.3 Å². The van der Waals surface area contributed by atoms with E-state index in [2.05, 4.69) is 16.7 Å². The van der Waals surface area contributed by atoms with Gasteiger partial charge in [0.25, 0.3) is 23.6 Å². The van der Waals surface area contributed by atoms with E-state index in [4.69, 9.17) is 15.2 Å². The van der Waals surface area contributed by atoms with Crippen LogP contribution in [0, 0.1) is 0 Å². The third-order valence-electron chi connectivity index (χ3n) is 11.4. The molecule has 17 nitrogen and oxygen atoms in total. The molecule has 0 radical (unpaired) electrons. The normalized spacial score (nSPS) is 22.2. The van der Waals surface area contributed by atoms with Crippen molar-refractivity contribution in [2.75, 3.05) is 26.3 Å². The van der Waals surface area contributed by atoms with E-state index in [9.17, 15) is 39.0 Å². The lowest BCUT2D eigenvalue weighted by Gasteiger charge is -2.44. The number of amides is 4. The molecule has 6 N–H and O–H groups in total. The number of aromatic hydroxyl groups is 2. The molecule has 4 amide bonds. The summed E-state index contributed by atoms with van der Waals surface area (Å²) in [5.74, 6) is -3.54. The first-order valence-electron chi connectivity index (χ1n) is 20.1. The van der Waals surface area contributed by atoms with E-state index in [1.807, 2.05) is 38.1 Å². The van der Waals surface area contributed by atoms with Crippen molar-refractivity contribution in [3.8, 4) is 11.5 Å². The summed E-state index contributed by atoms with van der Waals surface area (Å²) in [5.41, 5.74) is 6.07. The summed E-state index contributed by atoms with van der Waals surface area (Å²) in [7, 11) is 0. The summed E-state index contributed by atoms with van der Waals surface area (Å²) in [6, 6.07) is 7.69. The quantitative estimate of drug-likeness (QED) is 0.218. The third kappa shape index (κ3) is 8.09. The van der Waals surface area contributed by atoms with Crippen LogP contribution in [0.3, 0.4) is 0 Å². The van der Waals surface area contributed by atoms with Gasteiger partial charge in [0.05, 0.1) is 32.3 Å². The first-order valence-corrected chi connectivity index (χ1v) is 20.1. The standard InChI is InChI=1S/C22H23N3O5.C21H26N4O5/c26-19-15(21(28)23-16-8-3-6-13-5-1-2-7-14(13)16)11-24-12-17-25(9-4-10-30-17)22(29)18(24)20(19)27;1-3-4-5-14(6-8-22)10-23-20(28)15-11-24-12-16-25(13(2)7-9-30-16)21(29)17(24)19(27)18(15)26/h1-2,5,7,11,16-17,27H,3-4,6,8-10,12H2,(H,23,28);3-6,8,11,13,16,27H,7,9-10,12,22H2,1-2H3,(H,23,28)/b;4-3+,8-6-,14-5+/t16-,17?;/m0./s1. The van der Waals surface area contributed by atoms with Crippen LogP contribution >= 0.6 is 0 Å². The lowest BCUT2D eigenvalue weighted by Crippen LogP contribution is -2.57. The van der Waals surface area contributed by atoms with Gasteiger partial charge in [-0.15, -0.1) is 0 Å². The fourth-order valence-corrected chi connectivity index (χ4v) is 8.31. The molecule has 2 saturated heterocycles. The number of aromatic nitrogens is 2. The second-order valence-electron chi connectivity index (χ2n) is 15.2. The Balaban J connectivity index is 0.000000181. The molecule has 17 heteroatoms. The van der Waals surface area contributed by atoms with E-state index < -0.39 is 58.4 Å². The molecule has 8 rings (SSSR count). The average Bonchev–Trinajstić information content (AvgIpc) is 3.24. The van der Waals surface area contributed by atoms with Gasteiger partial charge in [-0.3, -0.25) is 28.8 Å². The van der Waals surface area contributed by atoms with Gasteiger partial charge < -0.3 is 55.0 Å². The number of aryl methyl sites for hydroxylation is 1. The Morgan fingerprint density at radius 2 is 1.55 bits per heavy atom. The highest BCUT2D eigenvalue weighted by molar-refractivity contribution is 6.00. The largest absolute Gasteiger partial charge is 0.503 e. The second kappa shape index (κ2) is 17.8. The fourth-order valence-electron chi connectivity index (χ4n) is 8.31. The van der Waals surface area contributed by atoms with E-state index in [1.165, 1.54) is 43.1 Å². The lowest BCUT2D eigenvalue weighted by atomic mass is 9.87. The molecule has 60 heavy (non-hydrogen) atoms. The number of allylic oxidation sites excluding steroid dienone is 3. The van der Waals surface area contributed by atoms with Crippen LogP contribution in [0.5, 0.6) is 11.5 Å². The summed E-state index contributed by atoms with van der Waals surface area (Å²) < 4.78 is 14.2. The van der Waals surface area contributed by atoms with E-state index in [1.54, 1.807) is 18.2 Å². The topological polar surface area (TPSA) is 228 Å². The maximum Gasteiger partial charge on any atom is 0.276 e. The smallest absolute Gasteiger partial charge is 0.276 e. The number of rotatable bonds is 7. The Hall–Kier alpha value is -6.46. The Labute approximate surface area is 345 Å². The molecule has 1 aliphatic carbocycles. The van der Waals surface area contributed by atoms with Crippen molar-refractivity contribution in [2.24, 2.45) is 5.73 Å². The second-order valence-corrected chi connectivity index (χ2v) is 15.2. The van der Waals surface area contributed by atoms with Gasteiger partial charge in [0.15, 0.2) is 35.3 Å². The van der Waals surface area contributed by atoms with Crippen molar-refractivity contribution in [2.45, 2.75) is 83.6 Å². The van der Waals surface area contributed by atoms with Gasteiger partial charge in [-0.1, -0.05) is 42.5 Å². The van der Waals surface area contributed by atoms with Crippen molar-refractivity contribution >= 4 is 23.6 Å². The van der Waals surface area contributed by atoms with Gasteiger partial charge in [0, 0.05) is 31.5 Å². The predicted molar refractivity (Wildman–Crippen MR) is 218 cm³/mol. The molecule has 3 aromatic rings. The molecule has 5 aliphatic rings. The molecular formula is C43H49N7O10. The Morgan fingerprint density at radius 3 is 2.27 bits per heavy atom. The number of nitrogens with zero attached hydrogens (tertiary/aromatic N) is 4. The van der Waals surface area contributed by atoms with E-state index in [-0.39, 0.29) is 54.2 Å². The number of pyridine rings is 2. The number of benzene rings is 1. The number of fused-ring (bicyclic) bond motifs is 5. The number of carbonyl (C=O) groups is 4. The minimum absolute atomic E-state index is 0.0690. The molecule has 0 bridgehead atoms. The van der Waals surface area contributed by atoms with Gasteiger partial charge in [0.2, 0.25) is 10.9 Å². The average molecular weight is 824 g/mol. The van der Waals surface area contributed by atoms with Gasteiger partial charge in [-0.05, 0) is 74.9 Å². The first kappa shape index (κ1) is 41.7. The highest BCUT2D eigenvalue weighted by Gasteiger charge is 2.41. The van der Waals surface area contributed by atoms with Crippen LogP contribution in [0.4, 0.5) is 0 Å². The van der Waals surface area contributed by atoms with E-state index >= 15 is 0 Å². The van der Waals surface area contributed by atoms with Crippen LogP contribution in [0.2, 0.25) is 0 Å². The summed E-state index contributed by atoms with van der Waals surface area (Å²) in [6.45, 7) is 5.95. The van der Waals surface area contributed by atoms with Gasteiger partial charge in [0.1, 0.15) is 11.1 Å². The number of carbonyl (C=O) groups excluding carboxylic acids is 4. The summed E-state index contributed by atoms with van der Waals surface area (Å²) in [4.78, 5) is 79.7. The van der Waals surface area contributed by atoms with Crippen molar-refractivity contribution in [1.82, 2.24) is 29.6 Å². The SMILES string of the molecule is C/C=C/C=C(\C=C/N)CNC(=O)c1cn2c(c(O)c1=O)C(=O)N1C(C)CCOC1C2.O=C(N[C@H]1CCCc2ccccc21)c1cn2c(c(O)c1=O)C(=O)N1CCCOC1C2. The van der Waals surface area contributed by atoms with Crippen molar-refractivity contribution in [3.63, 3.8) is 0 Å². The van der Waals surface area contributed by atoms with Crippen LogP contribution in [-0.2, 0) is 29.0 Å². The van der Waals surface area contributed by atoms with E-state index in [0.29, 0.717) is 32.6 Å². The number of nitrogens with one attached hydrogen (secondary N) is 2. The zero-order valence-corrected chi connectivity index (χ0v) is 33.5. The maximum atomic E-state index is 13.0. The molecule has 2 aromatic heterocycles. The van der Waals surface area contributed by atoms with Crippen LogP contribution < -0.4 is 27.2 Å². The molecular weight excluding hydrogens is 775 g/mol. The predicted octanol–water partition coefficient (Wildman–Crippen LogP) is 2.41. The fraction of sp³-hybridized carbons (Fsp3) is 0.395. The summed E-state index contributed by atoms with van der Waals surface area (Å²) in [5, 5.41) is 26.5. The molecule has 2 fully saturated rings. The number of hydrogen-bond acceptors (Lipinski definition) is 11. The molecule has 4 aliphatic heterocycles. The zero-order valence-electron chi connectivity index (χ0n) is 33.5. The van der Waals surface area contributed by atoms with Crippen molar-refractivity contribution in [3.05, 3.63) is 127 Å². The first-order chi connectivity index (χ1) is 28.9. The van der Waals surface area contributed by atoms with Crippen molar-refractivity contribution < 1.29 is 38.9 Å². The van der Waals surface area contributed by atoms with Crippen molar-refractivity contribution in [1.29, 1.82) is 0 Å². The zero-order chi connectivity index (χ0) is 42.7. The maximum absolute atomic E-state index is 13.0. The molecule has 0 spiro atoms. The molecule has 0 saturated carbocycles. The highest BCUT2D eigenvalue weighted by atomic mass is 16.5. The molecule has 3 unspecified atom stereocenters. The Bertz CT molecular complexity index is 2420.